The second-order valence-electron chi connectivity index (χ2n) is 2.48. The average molecular weight is 243 g/mol. The van der Waals surface area contributed by atoms with Crippen LogP contribution in [0.3, 0.4) is 0 Å². The topological polar surface area (TPSA) is 17.8 Å². The third-order valence-electron chi connectivity index (χ3n) is 1.60. The van der Waals surface area contributed by atoms with Crippen molar-refractivity contribution in [2.75, 3.05) is 0 Å². The van der Waals surface area contributed by atoms with Gasteiger partial charge in [-0.1, -0.05) is 0 Å². The number of imidazole rings is 1. The van der Waals surface area contributed by atoms with Crippen molar-refractivity contribution in [3.05, 3.63) is 39.5 Å². The van der Waals surface area contributed by atoms with Crippen LogP contribution in [0.15, 0.2) is 34.0 Å². The molecule has 0 saturated carbocycles. The lowest BCUT2D eigenvalue weighted by Crippen LogP contribution is -1.94. The molecule has 2 aromatic heterocycles. The van der Waals surface area contributed by atoms with E-state index in [1.165, 1.54) is 10.0 Å². The molecule has 4 heteroatoms. The van der Waals surface area contributed by atoms with Gasteiger partial charge in [-0.25, -0.2) is 4.98 Å². The Morgan fingerprint density at radius 2 is 2.42 bits per heavy atom. The fraction of sp³-hybridized carbons (Fsp3) is 0.125. The zero-order valence-electron chi connectivity index (χ0n) is 6.27. The van der Waals surface area contributed by atoms with Gasteiger partial charge in [-0.05, 0) is 26.9 Å². The van der Waals surface area contributed by atoms with Gasteiger partial charge in [0.15, 0.2) is 0 Å². The van der Waals surface area contributed by atoms with Crippen molar-refractivity contribution < 1.29 is 0 Å². The van der Waals surface area contributed by atoms with Gasteiger partial charge in [0.25, 0.3) is 0 Å². The summed E-state index contributed by atoms with van der Waals surface area (Å²) in [7, 11) is 0. The van der Waals surface area contributed by atoms with E-state index in [-0.39, 0.29) is 0 Å². The molecule has 0 atom stereocenters. The predicted molar refractivity (Wildman–Crippen MR) is 53.3 cm³/mol. The summed E-state index contributed by atoms with van der Waals surface area (Å²) in [6, 6.07) is 0. The molecule has 0 aliphatic rings. The van der Waals surface area contributed by atoms with Gasteiger partial charge in [0.1, 0.15) is 0 Å². The van der Waals surface area contributed by atoms with E-state index < -0.39 is 0 Å². The Hall–Kier alpha value is -0.610. The minimum absolute atomic E-state index is 0.893. The Morgan fingerprint density at radius 1 is 1.50 bits per heavy atom. The van der Waals surface area contributed by atoms with Crippen molar-refractivity contribution in [2.24, 2.45) is 0 Å². The number of halogens is 1. The van der Waals surface area contributed by atoms with Crippen molar-refractivity contribution in [2.45, 2.75) is 6.54 Å². The van der Waals surface area contributed by atoms with Gasteiger partial charge in [-0.15, -0.1) is 0 Å². The normalized spacial score (nSPS) is 10.4. The number of hydrogen-bond acceptors (Lipinski definition) is 2. The minimum Gasteiger partial charge on any atom is -0.333 e. The summed E-state index contributed by atoms with van der Waals surface area (Å²) in [6.07, 6.45) is 5.58. The van der Waals surface area contributed by atoms with Gasteiger partial charge in [0, 0.05) is 22.2 Å². The second-order valence-corrected chi connectivity index (χ2v) is 4.08. The van der Waals surface area contributed by atoms with Crippen molar-refractivity contribution >= 4 is 27.3 Å². The Labute approximate surface area is 83.0 Å². The Kier molecular flexibility index (Phi) is 2.28. The third kappa shape index (κ3) is 1.59. The van der Waals surface area contributed by atoms with Crippen molar-refractivity contribution in [1.82, 2.24) is 9.55 Å². The first-order valence-corrected chi connectivity index (χ1v) is 5.26. The van der Waals surface area contributed by atoms with Crippen LogP contribution in [-0.4, -0.2) is 9.55 Å². The fourth-order valence-electron chi connectivity index (χ4n) is 0.998. The van der Waals surface area contributed by atoms with E-state index >= 15 is 0 Å². The SMILES string of the molecule is Brc1cscc1Cn1ccnc1. The van der Waals surface area contributed by atoms with E-state index in [0.29, 0.717) is 0 Å². The van der Waals surface area contributed by atoms with Gasteiger partial charge in [0.05, 0.1) is 12.9 Å². The van der Waals surface area contributed by atoms with E-state index in [9.17, 15) is 0 Å². The van der Waals surface area contributed by atoms with Gasteiger partial charge >= 0.3 is 0 Å². The molecule has 0 fully saturated rings. The Bertz CT molecular complexity index is 353. The van der Waals surface area contributed by atoms with E-state index in [2.05, 4.69) is 31.7 Å². The summed E-state index contributed by atoms with van der Waals surface area (Å²) in [4.78, 5) is 3.98. The van der Waals surface area contributed by atoms with Crippen LogP contribution in [0.1, 0.15) is 5.56 Å². The number of nitrogens with zero attached hydrogens (tertiary/aromatic N) is 2. The summed E-state index contributed by atoms with van der Waals surface area (Å²) < 4.78 is 3.23. The first-order valence-electron chi connectivity index (χ1n) is 3.52. The van der Waals surface area contributed by atoms with Crippen LogP contribution >= 0.6 is 27.3 Å². The third-order valence-corrected chi connectivity index (χ3v) is 3.43. The molecule has 12 heavy (non-hydrogen) atoms. The van der Waals surface area contributed by atoms with Crippen molar-refractivity contribution in [1.29, 1.82) is 0 Å². The number of rotatable bonds is 2. The van der Waals surface area contributed by atoms with Gasteiger partial charge in [0.2, 0.25) is 0 Å². The Morgan fingerprint density at radius 3 is 3.00 bits per heavy atom. The lowest BCUT2D eigenvalue weighted by Gasteiger charge is -1.98. The van der Waals surface area contributed by atoms with Crippen LogP contribution in [0.5, 0.6) is 0 Å². The lowest BCUT2D eigenvalue weighted by molar-refractivity contribution is 0.797. The molecule has 0 amide bonds. The highest BCUT2D eigenvalue weighted by atomic mass is 79.9. The van der Waals surface area contributed by atoms with E-state index in [1.54, 1.807) is 17.5 Å². The molecule has 0 spiro atoms. The number of aromatic nitrogens is 2. The molecule has 0 bridgehead atoms. The maximum atomic E-state index is 3.98. The quantitative estimate of drug-likeness (QED) is 0.792. The van der Waals surface area contributed by atoms with Crippen LogP contribution in [0.2, 0.25) is 0 Å². The standard InChI is InChI=1S/C8H7BrN2S/c9-8-5-12-4-7(8)3-11-2-1-10-6-11/h1-2,4-6H,3H2. The van der Waals surface area contributed by atoms with E-state index in [4.69, 9.17) is 0 Å². The van der Waals surface area contributed by atoms with E-state index in [0.717, 1.165) is 6.54 Å². The Balaban J connectivity index is 2.20. The zero-order valence-corrected chi connectivity index (χ0v) is 8.68. The van der Waals surface area contributed by atoms with Crippen LogP contribution in [-0.2, 0) is 6.54 Å². The summed E-state index contributed by atoms with van der Waals surface area (Å²) >= 11 is 5.20. The fourth-order valence-corrected chi connectivity index (χ4v) is 2.42. The summed E-state index contributed by atoms with van der Waals surface area (Å²) in [6.45, 7) is 0.893. The molecular formula is C8H7BrN2S. The molecule has 0 aliphatic heterocycles. The second kappa shape index (κ2) is 3.41. The monoisotopic (exact) mass is 242 g/mol. The summed E-state index contributed by atoms with van der Waals surface area (Å²) in [5, 5.41) is 4.23. The highest BCUT2D eigenvalue weighted by Crippen LogP contribution is 2.21. The average Bonchev–Trinajstić information content (AvgIpc) is 2.65. The molecular weight excluding hydrogens is 236 g/mol. The molecule has 2 heterocycles. The van der Waals surface area contributed by atoms with Gasteiger partial charge in [-0.3, -0.25) is 0 Å². The van der Waals surface area contributed by atoms with Crippen LogP contribution in [0, 0.1) is 0 Å². The van der Waals surface area contributed by atoms with Crippen molar-refractivity contribution in [3.8, 4) is 0 Å². The smallest absolute Gasteiger partial charge is 0.0949 e. The predicted octanol–water partition coefficient (Wildman–Crippen LogP) is 2.76. The zero-order chi connectivity index (χ0) is 8.39. The molecule has 0 aromatic carbocycles. The molecule has 2 rings (SSSR count). The maximum Gasteiger partial charge on any atom is 0.0949 e. The largest absolute Gasteiger partial charge is 0.333 e. The molecule has 62 valence electrons. The molecule has 2 aromatic rings. The van der Waals surface area contributed by atoms with Crippen molar-refractivity contribution in [3.63, 3.8) is 0 Å². The summed E-state index contributed by atoms with van der Waals surface area (Å²) in [5.41, 5.74) is 1.30. The number of hydrogen-bond donors (Lipinski definition) is 0. The molecule has 0 radical (unpaired) electrons. The van der Waals surface area contributed by atoms with Crippen LogP contribution in [0.25, 0.3) is 0 Å². The highest BCUT2D eigenvalue weighted by molar-refractivity contribution is 9.10. The van der Waals surface area contributed by atoms with Crippen LogP contribution < -0.4 is 0 Å². The first kappa shape index (κ1) is 8.01. The molecule has 0 saturated heterocycles. The molecule has 0 aliphatic carbocycles. The first-order chi connectivity index (χ1) is 5.86. The number of thiophene rings is 1. The lowest BCUT2D eigenvalue weighted by atomic mass is 10.3. The minimum atomic E-state index is 0.893. The molecule has 0 N–H and O–H groups in total. The highest BCUT2D eigenvalue weighted by Gasteiger charge is 2.00. The van der Waals surface area contributed by atoms with Gasteiger partial charge < -0.3 is 4.57 Å². The molecule has 2 nitrogen and oxygen atoms in total. The van der Waals surface area contributed by atoms with Crippen LogP contribution in [0.4, 0.5) is 0 Å². The maximum absolute atomic E-state index is 3.98. The summed E-state index contributed by atoms with van der Waals surface area (Å²) in [5.74, 6) is 0. The van der Waals surface area contributed by atoms with E-state index in [1.807, 2.05) is 17.1 Å². The van der Waals surface area contributed by atoms with Gasteiger partial charge in [-0.2, -0.15) is 11.3 Å². The molecule has 0 unspecified atom stereocenters.